The summed E-state index contributed by atoms with van der Waals surface area (Å²) in [6, 6.07) is 0.915. The Morgan fingerprint density at radius 3 is 1.85 bits per heavy atom. The minimum atomic E-state index is -1.07. The number of aromatic nitrogens is 4. The Morgan fingerprint density at radius 2 is 1.41 bits per heavy atom. The van der Waals surface area contributed by atoms with Crippen molar-refractivity contribution >= 4 is 5.82 Å². The molecule has 34 heavy (non-hydrogen) atoms. The molecule has 16 nitrogen and oxygen atoms in total. The molecule has 2 aromatic heterocycles. The summed E-state index contributed by atoms with van der Waals surface area (Å²) in [7, 11) is 0. The lowest BCUT2D eigenvalue weighted by Crippen LogP contribution is -2.42. The van der Waals surface area contributed by atoms with Gasteiger partial charge in [-0.3, -0.25) is 18.9 Å². The quantitative estimate of drug-likeness (QED) is 0.201. The van der Waals surface area contributed by atoms with E-state index in [1.54, 1.807) is 0 Å². The minimum Gasteiger partial charge on any atom is -0.394 e. The molecule has 2 fully saturated rings. The van der Waals surface area contributed by atoms with E-state index in [1.165, 1.54) is 18.5 Å². The number of nitrogen functional groups attached to an aromatic ring is 1. The molecule has 2 aliphatic heterocycles. The molecule has 4 rings (SSSR count). The van der Waals surface area contributed by atoms with Crippen LogP contribution in [-0.4, -0.2) is 89.2 Å². The van der Waals surface area contributed by atoms with E-state index in [2.05, 4.69) is 9.97 Å². The second-order valence-corrected chi connectivity index (χ2v) is 7.69. The van der Waals surface area contributed by atoms with Crippen molar-refractivity contribution in [1.29, 1.82) is 0 Å². The lowest BCUT2D eigenvalue weighted by Gasteiger charge is -2.17. The van der Waals surface area contributed by atoms with Crippen LogP contribution in [0.15, 0.2) is 38.9 Å². The van der Waals surface area contributed by atoms with Crippen LogP contribution in [0.3, 0.4) is 0 Å². The molecule has 0 aliphatic carbocycles. The molecule has 4 heterocycles. The van der Waals surface area contributed by atoms with Gasteiger partial charge in [0.1, 0.15) is 30.2 Å². The lowest BCUT2D eigenvalue weighted by molar-refractivity contribution is -0.0465. The van der Waals surface area contributed by atoms with Crippen molar-refractivity contribution < 1.29 is 29.9 Å². The van der Waals surface area contributed by atoms with Gasteiger partial charge in [-0.25, -0.2) is 9.59 Å². The van der Waals surface area contributed by atoms with E-state index < -0.39 is 72.5 Å². The number of anilines is 1. The maximum Gasteiger partial charge on any atom is 0.351 e. The first-order chi connectivity index (χ1) is 16.1. The van der Waals surface area contributed by atoms with Gasteiger partial charge in [0.05, 0.1) is 25.3 Å². The SMILES string of the molecule is N[C@@H]1[C@H](O)[C@@H](CO)O[C@H]1n1ccc(=O)[nH]c1=O.Nc1ccn([C@@H]2O[C@H](CO)[C@@H](O)[C@H]2N)c(=O)n1. The van der Waals surface area contributed by atoms with E-state index in [0.29, 0.717) is 0 Å². The number of nitrogens with one attached hydrogen (secondary N) is 1. The molecule has 16 heteroatoms. The van der Waals surface area contributed by atoms with Crippen molar-refractivity contribution in [3.8, 4) is 0 Å². The van der Waals surface area contributed by atoms with Gasteiger partial charge in [-0.2, -0.15) is 4.98 Å². The summed E-state index contributed by atoms with van der Waals surface area (Å²) in [5.41, 5.74) is 14.9. The summed E-state index contributed by atoms with van der Waals surface area (Å²) in [4.78, 5) is 39.6. The fourth-order valence-electron chi connectivity index (χ4n) is 3.59. The number of hydrogen-bond donors (Lipinski definition) is 8. The van der Waals surface area contributed by atoms with Crippen molar-refractivity contribution in [2.45, 2.75) is 49.0 Å². The first kappa shape index (κ1) is 25.7. The van der Waals surface area contributed by atoms with Gasteiger partial charge in [0, 0.05) is 18.5 Å². The van der Waals surface area contributed by atoms with Gasteiger partial charge < -0.3 is 47.1 Å². The topological polar surface area (TPSA) is 267 Å². The van der Waals surface area contributed by atoms with E-state index in [9.17, 15) is 24.6 Å². The van der Waals surface area contributed by atoms with Crippen LogP contribution in [0, 0.1) is 0 Å². The molecule has 2 aliphatic rings. The second-order valence-electron chi connectivity index (χ2n) is 7.69. The smallest absolute Gasteiger partial charge is 0.351 e. The van der Waals surface area contributed by atoms with Gasteiger partial charge in [-0.05, 0) is 6.07 Å². The maximum absolute atomic E-state index is 11.6. The Kier molecular flexibility index (Phi) is 7.95. The highest BCUT2D eigenvalue weighted by Crippen LogP contribution is 2.27. The second kappa shape index (κ2) is 10.5. The third-order valence-corrected chi connectivity index (χ3v) is 5.45. The first-order valence-electron chi connectivity index (χ1n) is 10.1. The van der Waals surface area contributed by atoms with Crippen LogP contribution in [0.1, 0.15) is 12.5 Å². The zero-order valence-corrected chi connectivity index (χ0v) is 17.7. The predicted octanol–water partition coefficient (Wildman–Crippen LogP) is -5.48. The van der Waals surface area contributed by atoms with Gasteiger partial charge in [-0.15, -0.1) is 0 Å². The zero-order chi connectivity index (χ0) is 25.2. The standard InChI is InChI=1S/C9H14N4O4.C9H13N3O5/c10-5-1-2-13(9(16)12-5)8-6(11)7(15)4(3-14)17-8;10-6-7(15)4(3-13)17-8(6)12-2-1-5(14)11-9(12)16/h1-2,4,6-8,14-15H,3,11H2,(H2,10,12,16);1-2,4,6-8,13,15H,3,10H2,(H,11,14,16)/t2*4-,6-,7-,8-/m11/s1. The highest BCUT2D eigenvalue weighted by Gasteiger charge is 2.43. The summed E-state index contributed by atoms with van der Waals surface area (Å²) < 4.78 is 12.8. The van der Waals surface area contributed by atoms with Crippen LogP contribution >= 0.6 is 0 Å². The number of hydrogen-bond acceptors (Lipinski definition) is 13. The molecule has 0 bridgehead atoms. The summed E-state index contributed by atoms with van der Waals surface area (Å²) in [5.74, 6) is 0.0945. The number of nitrogens with two attached hydrogens (primary N) is 3. The number of aliphatic hydroxyl groups is 4. The third kappa shape index (κ3) is 5.08. The van der Waals surface area contributed by atoms with E-state index >= 15 is 0 Å². The van der Waals surface area contributed by atoms with Crippen molar-refractivity contribution in [2.24, 2.45) is 11.5 Å². The van der Waals surface area contributed by atoms with Crippen LogP contribution in [0.2, 0.25) is 0 Å². The number of aromatic amines is 1. The van der Waals surface area contributed by atoms with E-state index in [0.717, 1.165) is 15.2 Å². The first-order valence-corrected chi connectivity index (χ1v) is 10.1. The Hall–Kier alpha value is -2.96. The number of ether oxygens (including phenoxy) is 2. The van der Waals surface area contributed by atoms with Crippen molar-refractivity contribution in [2.75, 3.05) is 18.9 Å². The van der Waals surface area contributed by atoms with Gasteiger partial charge >= 0.3 is 11.4 Å². The van der Waals surface area contributed by atoms with Gasteiger partial charge in [-0.1, -0.05) is 0 Å². The number of rotatable bonds is 4. The Morgan fingerprint density at radius 1 is 0.912 bits per heavy atom. The van der Waals surface area contributed by atoms with E-state index in [1.807, 2.05) is 0 Å². The molecular weight excluding hydrogens is 458 g/mol. The summed E-state index contributed by atoms with van der Waals surface area (Å²) in [6.07, 6.45) is -2.89. The number of H-pyrrole nitrogens is 1. The summed E-state index contributed by atoms with van der Waals surface area (Å²) >= 11 is 0. The van der Waals surface area contributed by atoms with Gasteiger partial charge in [0.15, 0.2) is 12.5 Å². The van der Waals surface area contributed by atoms with Crippen molar-refractivity contribution in [3.05, 3.63) is 55.8 Å². The molecule has 0 unspecified atom stereocenters. The third-order valence-electron chi connectivity index (χ3n) is 5.45. The molecule has 0 saturated carbocycles. The summed E-state index contributed by atoms with van der Waals surface area (Å²) in [5, 5.41) is 37.2. The van der Waals surface area contributed by atoms with Crippen LogP contribution in [-0.2, 0) is 9.47 Å². The average Bonchev–Trinajstić information content (AvgIpc) is 3.24. The minimum absolute atomic E-state index is 0.0945. The van der Waals surface area contributed by atoms with Crippen LogP contribution in [0.5, 0.6) is 0 Å². The van der Waals surface area contributed by atoms with Crippen LogP contribution in [0.25, 0.3) is 0 Å². The van der Waals surface area contributed by atoms with Gasteiger partial charge in [0.2, 0.25) is 0 Å². The van der Waals surface area contributed by atoms with Crippen molar-refractivity contribution in [1.82, 2.24) is 19.1 Å². The molecule has 2 aromatic rings. The van der Waals surface area contributed by atoms with Crippen LogP contribution in [0.4, 0.5) is 5.82 Å². The fraction of sp³-hybridized carbons (Fsp3) is 0.556. The largest absolute Gasteiger partial charge is 0.394 e. The Balaban J connectivity index is 0.000000191. The highest BCUT2D eigenvalue weighted by molar-refractivity contribution is 5.23. The summed E-state index contributed by atoms with van der Waals surface area (Å²) in [6.45, 7) is -0.772. The van der Waals surface area contributed by atoms with Gasteiger partial charge in [0.25, 0.3) is 5.56 Å². The molecule has 188 valence electrons. The maximum atomic E-state index is 11.6. The monoisotopic (exact) mass is 485 g/mol. The van der Waals surface area contributed by atoms with Crippen LogP contribution < -0.4 is 34.1 Å². The molecule has 11 N–H and O–H groups in total. The highest BCUT2D eigenvalue weighted by atomic mass is 16.6. The Bertz CT molecular complexity index is 1150. The van der Waals surface area contributed by atoms with Crippen molar-refractivity contribution in [3.63, 3.8) is 0 Å². The molecule has 8 atom stereocenters. The normalized spacial score (nSPS) is 32.9. The number of nitrogens with zero attached hydrogens (tertiary/aromatic N) is 3. The van der Waals surface area contributed by atoms with E-state index in [-0.39, 0.29) is 12.4 Å². The number of aliphatic hydroxyl groups excluding tert-OH is 4. The molecular formula is C18H27N7O9. The molecule has 0 amide bonds. The predicted molar refractivity (Wildman–Crippen MR) is 114 cm³/mol. The molecule has 2 saturated heterocycles. The van der Waals surface area contributed by atoms with E-state index in [4.69, 9.17) is 36.9 Å². The average molecular weight is 485 g/mol. The zero-order valence-electron chi connectivity index (χ0n) is 17.7. The fourth-order valence-corrected chi connectivity index (χ4v) is 3.59. The molecule has 0 radical (unpaired) electrons. The lowest BCUT2D eigenvalue weighted by atomic mass is 10.1. The Labute approximate surface area is 190 Å². The molecule has 0 spiro atoms. The molecule has 0 aromatic carbocycles.